The van der Waals surface area contributed by atoms with Gasteiger partial charge in [0.05, 0.1) is 12.0 Å². The summed E-state index contributed by atoms with van der Waals surface area (Å²) in [4.78, 5) is 26.5. The molecule has 2 saturated carbocycles. The highest BCUT2D eigenvalue weighted by Crippen LogP contribution is 2.71. The molecule has 4 aliphatic carbocycles. The van der Waals surface area contributed by atoms with Crippen molar-refractivity contribution in [2.75, 3.05) is 6.61 Å². The molecule has 6 heteroatoms. The van der Waals surface area contributed by atoms with Gasteiger partial charge < -0.3 is 20.1 Å². The first-order valence-electron chi connectivity index (χ1n) is 10.7. The van der Waals surface area contributed by atoms with Crippen molar-refractivity contribution in [1.29, 1.82) is 0 Å². The van der Waals surface area contributed by atoms with E-state index in [2.05, 4.69) is 20.4 Å². The van der Waals surface area contributed by atoms with Crippen molar-refractivity contribution < 1.29 is 29.6 Å². The lowest BCUT2D eigenvalue weighted by Crippen LogP contribution is -2.65. The molecule has 0 aliphatic heterocycles. The summed E-state index contributed by atoms with van der Waals surface area (Å²) in [6, 6.07) is 0. The van der Waals surface area contributed by atoms with Crippen LogP contribution in [0.3, 0.4) is 0 Å². The lowest BCUT2D eigenvalue weighted by molar-refractivity contribution is -0.201. The Morgan fingerprint density at radius 2 is 2.00 bits per heavy atom. The number of carbonyl (C=O) groups is 2. The second-order valence-corrected chi connectivity index (χ2v) is 10.4. The molecular weight excluding hydrogens is 384 g/mol. The summed E-state index contributed by atoms with van der Waals surface area (Å²) in [5.41, 5.74) is -2.63. The molecule has 4 rings (SSSR count). The maximum absolute atomic E-state index is 14.1. The van der Waals surface area contributed by atoms with Crippen molar-refractivity contribution in [3.8, 4) is 0 Å². The standard InChI is InChI=1S/C24H32O6/c1-11(2)21(28)30-20-12(3)9-23-13(4)7-16-17(22(16,5)6)15(19(23)27)8-14(10-25)18(26)24(20,23)29/h8-9,13,15-18,20,25-26,29H,1,7,10H2,2-6H3/t13-,15?,16?,17?,18?,20?,23?,24?/m1/s1. The van der Waals surface area contributed by atoms with Gasteiger partial charge in [-0.1, -0.05) is 39.5 Å². The molecule has 7 unspecified atom stereocenters. The predicted molar refractivity (Wildman–Crippen MR) is 110 cm³/mol. The molecule has 4 aliphatic rings. The Morgan fingerprint density at radius 1 is 1.37 bits per heavy atom. The average Bonchev–Trinajstić information content (AvgIpc) is 3.16. The smallest absolute Gasteiger partial charge is 0.333 e. The highest BCUT2D eigenvalue weighted by Gasteiger charge is 2.76. The molecule has 0 amide bonds. The van der Waals surface area contributed by atoms with E-state index < -0.39 is 41.7 Å². The molecule has 1 spiro atoms. The van der Waals surface area contributed by atoms with Gasteiger partial charge in [-0.25, -0.2) is 4.79 Å². The maximum Gasteiger partial charge on any atom is 0.333 e. The first-order chi connectivity index (χ1) is 13.9. The van der Waals surface area contributed by atoms with Crippen LogP contribution in [0.25, 0.3) is 0 Å². The number of allylic oxidation sites excluding steroid dienone is 1. The maximum atomic E-state index is 14.1. The van der Waals surface area contributed by atoms with Crippen LogP contribution in [-0.2, 0) is 14.3 Å². The molecule has 2 bridgehead atoms. The molecule has 0 aromatic carbocycles. The third-order valence-corrected chi connectivity index (χ3v) is 8.47. The van der Waals surface area contributed by atoms with E-state index in [-0.39, 0.29) is 34.2 Å². The first kappa shape index (κ1) is 21.5. The fraction of sp³-hybridized carbons (Fsp3) is 0.667. The number of ether oxygens (including phenoxy) is 1. The Morgan fingerprint density at radius 3 is 2.57 bits per heavy atom. The van der Waals surface area contributed by atoms with E-state index in [1.54, 1.807) is 19.1 Å². The van der Waals surface area contributed by atoms with Crippen LogP contribution in [0.5, 0.6) is 0 Å². The van der Waals surface area contributed by atoms with Crippen molar-refractivity contribution in [2.24, 2.45) is 34.5 Å². The van der Waals surface area contributed by atoms with Gasteiger partial charge in [-0.3, -0.25) is 4.79 Å². The van der Waals surface area contributed by atoms with Gasteiger partial charge in [-0.15, -0.1) is 0 Å². The van der Waals surface area contributed by atoms with Crippen molar-refractivity contribution in [3.05, 3.63) is 35.5 Å². The molecule has 0 saturated heterocycles. The van der Waals surface area contributed by atoms with E-state index in [1.807, 2.05) is 6.92 Å². The fourth-order valence-electron chi connectivity index (χ4n) is 6.80. The number of carbonyl (C=O) groups excluding carboxylic acids is 2. The summed E-state index contributed by atoms with van der Waals surface area (Å²) < 4.78 is 5.60. The van der Waals surface area contributed by atoms with Crippen LogP contribution in [0.15, 0.2) is 35.5 Å². The molecular formula is C24H32O6. The van der Waals surface area contributed by atoms with Crippen LogP contribution in [0.4, 0.5) is 0 Å². The van der Waals surface area contributed by atoms with E-state index in [0.717, 1.165) is 6.42 Å². The molecule has 0 aromatic heterocycles. The Balaban J connectivity index is 1.93. The van der Waals surface area contributed by atoms with Crippen LogP contribution in [0.2, 0.25) is 0 Å². The van der Waals surface area contributed by atoms with Gasteiger partial charge in [0.25, 0.3) is 0 Å². The normalized spacial score (nSPS) is 45.9. The van der Waals surface area contributed by atoms with Gasteiger partial charge in [-0.2, -0.15) is 0 Å². The van der Waals surface area contributed by atoms with Crippen molar-refractivity contribution in [1.82, 2.24) is 0 Å². The van der Waals surface area contributed by atoms with Gasteiger partial charge in [0.15, 0.2) is 17.5 Å². The van der Waals surface area contributed by atoms with Crippen LogP contribution in [-0.4, -0.2) is 51.5 Å². The number of ketones is 1. The minimum absolute atomic E-state index is 0.0240. The fourth-order valence-corrected chi connectivity index (χ4v) is 6.80. The summed E-state index contributed by atoms with van der Waals surface area (Å²) in [6.45, 7) is 12.5. The summed E-state index contributed by atoms with van der Waals surface area (Å²) in [7, 11) is 0. The molecule has 30 heavy (non-hydrogen) atoms. The number of hydrogen-bond acceptors (Lipinski definition) is 6. The quantitative estimate of drug-likeness (QED) is 0.369. The van der Waals surface area contributed by atoms with Gasteiger partial charge in [0.1, 0.15) is 6.10 Å². The summed E-state index contributed by atoms with van der Waals surface area (Å²) >= 11 is 0. The molecule has 3 N–H and O–H groups in total. The average molecular weight is 417 g/mol. The van der Waals surface area contributed by atoms with Crippen LogP contribution >= 0.6 is 0 Å². The first-order valence-corrected chi connectivity index (χ1v) is 10.7. The summed E-state index contributed by atoms with van der Waals surface area (Å²) in [5, 5.41) is 33.5. The lowest BCUT2D eigenvalue weighted by Gasteiger charge is -2.48. The highest BCUT2D eigenvalue weighted by molar-refractivity contribution is 5.95. The van der Waals surface area contributed by atoms with Crippen LogP contribution in [0, 0.1) is 34.5 Å². The van der Waals surface area contributed by atoms with E-state index in [0.29, 0.717) is 11.5 Å². The van der Waals surface area contributed by atoms with E-state index in [9.17, 15) is 24.9 Å². The molecule has 2 fully saturated rings. The minimum Gasteiger partial charge on any atom is -0.451 e. The number of esters is 1. The zero-order valence-corrected chi connectivity index (χ0v) is 18.3. The van der Waals surface area contributed by atoms with Crippen molar-refractivity contribution >= 4 is 11.8 Å². The third-order valence-electron chi connectivity index (χ3n) is 8.47. The number of aliphatic hydroxyl groups excluding tert-OH is 2. The zero-order valence-electron chi connectivity index (χ0n) is 18.3. The summed E-state index contributed by atoms with van der Waals surface area (Å²) in [6.07, 6.45) is 1.35. The molecule has 0 radical (unpaired) electrons. The zero-order chi connectivity index (χ0) is 22.4. The SMILES string of the molecule is C=C(C)C(=O)OC1C(C)=CC23C(=O)C(C=C(CO)C(O)C12O)C1C(C[C@H]3C)C1(C)C. The van der Waals surface area contributed by atoms with Crippen molar-refractivity contribution in [2.45, 2.75) is 58.8 Å². The van der Waals surface area contributed by atoms with E-state index in [1.165, 1.54) is 6.92 Å². The Hall–Kier alpha value is -1.76. The second kappa shape index (κ2) is 6.38. The molecule has 0 heterocycles. The third kappa shape index (κ3) is 2.36. The van der Waals surface area contributed by atoms with Crippen molar-refractivity contribution in [3.63, 3.8) is 0 Å². The number of rotatable bonds is 3. The number of hydrogen-bond donors (Lipinski definition) is 3. The van der Waals surface area contributed by atoms with E-state index in [4.69, 9.17) is 4.74 Å². The summed E-state index contributed by atoms with van der Waals surface area (Å²) in [5.74, 6) is -1.25. The monoisotopic (exact) mass is 416 g/mol. The largest absolute Gasteiger partial charge is 0.451 e. The molecule has 6 nitrogen and oxygen atoms in total. The van der Waals surface area contributed by atoms with Gasteiger partial charge in [0, 0.05) is 11.5 Å². The second-order valence-electron chi connectivity index (χ2n) is 10.4. The van der Waals surface area contributed by atoms with Crippen LogP contribution < -0.4 is 0 Å². The number of aliphatic hydroxyl groups is 3. The predicted octanol–water partition coefficient (Wildman–Crippen LogP) is 1.94. The van der Waals surface area contributed by atoms with E-state index >= 15 is 0 Å². The van der Waals surface area contributed by atoms with Gasteiger partial charge in [0.2, 0.25) is 0 Å². The molecule has 8 atom stereocenters. The van der Waals surface area contributed by atoms with Gasteiger partial charge >= 0.3 is 5.97 Å². The Labute approximate surface area is 177 Å². The lowest BCUT2D eigenvalue weighted by atomic mass is 9.59. The molecule has 164 valence electrons. The topological polar surface area (TPSA) is 104 Å². The Kier molecular flexibility index (Phi) is 4.56. The van der Waals surface area contributed by atoms with Crippen LogP contribution in [0.1, 0.15) is 41.0 Å². The molecule has 0 aromatic rings. The number of fused-ring (bicyclic) bond motifs is 3. The number of Topliss-reactive ketones (excluding diaryl/α,β-unsaturated/α-hetero) is 1. The minimum atomic E-state index is -2.09. The van der Waals surface area contributed by atoms with Gasteiger partial charge in [-0.05, 0) is 54.6 Å². The highest BCUT2D eigenvalue weighted by atomic mass is 16.6. The Bertz CT molecular complexity index is 897.